The summed E-state index contributed by atoms with van der Waals surface area (Å²) in [4.78, 5) is 7.67. The summed E-state index contributed by atoms with van der Waals surface area (Å²) in [5.74, 6) is 0.746. The molecular weight excluding hydrogens is 269 g/mol. The van der Waals surface area contributed by atoms with Gasteiger partial charge in [0.25, 0.3) is 0 Å². The highest BCUT2D eigenvalue weighted by Gasteiger charge is 2.08. The normalized spacial score (nSPS) is 11.0. The van der Waals surface area contributed by atoms with Crippen molar-refractivity contribution in [1.29, 1.82) is 0 Å². The average molecular weight is 278 g/mol. The van der Waals surface area contributed by atoms with Gasteiger partial charge in [0.2, 0.25) is 0 Å². The third-order valence-corrected chi connectivity index (χ3v) is 3.41. The molecule has 3 aromatic rings. The lowest BCUT2D eigenvalue weighted by atomic mass is 10.2. The summed E-state index contributed by atoms with van der Waals surface area (Å²) in [6.45, 7) is 0. The molecular formula is C13H9Cl2N3. The summed E-state index contributed by atoms with van der Waals surface area (Å²) in [6.07, 6.45) is 0. The quantitative estimate of drug-likeness (QED) is 0.658. The number of nitrogens with zero attached hydrogens (tertiary/aromatic N) is 1. The molecule has 3 N–H and O–H groups in total. The van der Waals surface area contributed by atoms with Crippen LogP contribution in [-0.2, 0) is 0 Å². The van der Waals surface area contributed by atoms with E-state index in [0.29, 0.717) is 15.7 Å². The molecule has 90 valence electrons. The molecule has 5 heteroatoms. The standard InChI is InChI=1S/C13H9Cl2N3/c14-9-5-11-12(6-10(9)15)18-13(17-11)7-2-1-3-8(16)4-7/h1-6H,16H2,(H,17,18). The molecule has 0 aliphatic rings. The number of fused-ring (bicyclic) bond motifs is 1. The van der Waals surface area contributed by atoms with Crippen molar-refractivity contribution in [3.8, 4) is 11.4 Å². The second kappa shape index (κ2) is 4.19. The fraction of sp³-hybridized carbons (Fsp3) is 0. The van der Waals surface area contributed by atoms with Crippen LogP contribution in [0, 0.1) is 0 Å². The van der Waals surface area contributed by atoms with Gasteiger partial charge < -0.3 is 10.7 Å². The summed E-state index contributed by atoms with van der Waals surface area (Å²) in [6, 6.07) is 11.0. The Hall–Kier alpha value is -1.71. The van der Waals surface area contributed by atoms with Crippen molar-refractivity contribution in [2.45, 2.75) is 0 Å². The predicted molar refractivity (Wildman–Crippen MR) is 76.0 cm³/mol. The molecule has 0 saturated carbocycles. The van der Waals surface area contributed by atoms with E-state index in [-0.39, 0.29) is 0 Å². The van der Waals surface area contributed by atoms with Crippen molar-refractivity contribution in [1.82, 2.24) is 9.97 Å². The number of anilines is 1. The van der Waals surface area contributed by atoms with Crippen molar-refractivity contribution < 1.29 is 0 Å². The summed E-state index contributed by atoms with van der Waals surface area (Å²) < 4.78 is 0. The van der Waals surface area contributed by atoms with Gasteiger partial charge in [-0.2, -0.15) is 0 Å². The van der Waals surface area contributed by atoms with E-state index in [0.717, 1.165) is 22.4 Å². The summed E-state index contributed by atoms with van der Waals surface area (Å²) in [5.41, 5.74) is 9.01. The maximum absolute atomic E-state index is 5.97. The van der Waals surface area contributed by atoms with Gasteiger partial charge >= 0.3 is 0 Å². The molecule has 0 bridgehead atoms. The van der Waals surface area contributed by atoms with E-state index in [9.17, 15) is 0 Å². The first kappa shape index (κ1) is 11.4. The number of rotatable bonds is 1. The maximum atomic E-state index is 5.97. The number of aromatic amines is 1. The highest BCUT2D eigenvalue weighted by molar-refractivity contribution is 6.42. The first-order chi connectivity index (χ1) is 8.63. The van der Waals surface area contributed by atoms with Gasteiger partial charge in [-0.05, 0) is 24.3 Å². The Kier molecular flexibility index (Phi) is 2.65. The number of H-pyrrole nitrogens is 1. The molecule has 0 unspecified atom stereocenters. The molecule has 0 fully saturated rings. The van der Waals surface area contributed by atoms with Crippen LogP contribution >= 0.6 is 23.2 Å². The Morgan fingerprint density at radius 1 is 1.06 bits per heavy atom. The number of hydrogen-bond donors (Lipinski definition) is 2. The van der Waals surface area contributed by atoms with Crippen LogP contribution in [0.5, 0.6) is 0 Å². The zero-order valence-corrected chi connectivity index (χ0v) is 10.8. The molecule has 0 saturated heterocycles. The number of nitrogen functional groups attached to an aromatic ring is 1. The monoisotopic (exact) mass is 277 g/mol. The van der Waals surface area contributed by atoms with Gasteiger partial charge in [-0.1, -0.05) is 35.3 Å². The molecule has 3 nitrogen and oxygen atoms in total. The molecule has 1 aromatic heterocycles. The molecule has 0 spiro atoms. The van der Waals surface area contributed by atoms with E-state index in [4.69, 9.17) is 28.9 Å². The van der Waals surface area contributed by atoms with Gasteiger partial charge in [-0.15, -0.1) is 0 Å². The molecule has 18 heavy (non-hydrogen) atoms. The molecule has 2 aromatic carbocycles. The third-order valence-electron chi connectivity index (χ3n) is 2.68. The van der Waals surface area contributed by atoms with E-state index < -0.39 is 0 Å². The average Bonchev–Trinajstić information content (AvgIpc) is 2.73. The predicted octanol–water partition coefficient (Wildman–Crippen LogP) is 4.12. The van der Waals surface area contributed by atoms with Crippen LogP contribution < -0.4 is 5.73 Å². The van der Waals surface area contributed by atoms with E-state index >= 15 is 0 Å². The van der Waals surface area contributed by atoms with Crippen LogP contribution in [0.15, 0.2) is 36.4 Å². The largest absolute Gasteiger partial charge is 0.399 e. The zero-order chi connectivity index (χ0) is 12.7. The number of nitrogens with two attached hydrogens (primary N) is 1. The Labute approximate surface area is 114 Å². The topological polar surface area (TPSA) is 54.7 Å². The van der Waals surface area contributed by atoms with Crippen molar-refractivity contribution in [2.75, 3.05) is 5.73 Å². The molecule has 0 aliphatic carbocycles. The van der Waals surface area contributed by atoms with Crippen molar-refractivity contribution >= 4 is 39.9 Å². The molecule has 3 rings (SSSR count). The van der Waals surface area contributed by atoms with Crippen LogP contribution in [0.1, 0.15) is 0 Å². The van der Waals surface area contributed by atoms with Crippen molar-refractivity contribution in [2.24, 2.45) is 0 Å². The van der Waals surface area contributed by atoms with Crippen molar-refractivity contribution in [3.63, 3.8) is 0 Å². The van der Waals surface area contributed by atoms with E-state index in [2.05, 4.69) is 9.97 Å². The Balaban J connectivity index is 2.19. The van der Waals surface area contributed by atoms with E-state index in [1.165, 1.54) is 0 Å². The number of aromatic nitrogens is 2. The maximum Gasteiger partial charge on any atom is 0.138 e. The fourth-order valence-electron chi connectivity index (χ4n) is 1.83. The summed E-state index contributed by atoms with van der Waals surface area (Å²) in [5, 5.41) is 1.00. The van der Waals surface area contributed by atoms with Crippen LogP contribution in [0.2, 0.25) is 10.0 Å². The minimum Gasteiger partial charge on any atom is -0.399 e. The number of imidazole rings is 1. The van der Waals surface area contributed by atoms with E-state index in [1.54, 1.807) is 12.1 Å². The molecule has 1 heterocycles. The minimum atomic E-state index is 0.495. The Morgan fingerprint density at radius 2 is 1.83 bits per heavy atom. The molecule has 0 amide bonds. The van der Waals surface area contributed by atoms with Crippen LogP contribution in [-0.4, -0.2) is 9.97 Å². The van der Waals surface area contributed by atoms with Crippen molar-refractivity contribution in [3.05, 3.63) is 46.4 Å². The van der Waals surface area contributed by atoms with Crippen LogP contribution in [0.3, 0.4) is 0 Å². The lowest BCUT2D eigenvalue weighted by molar-refractivity contribution is 1.34. The number of nitrogens with one attached hydrogen (secondary N) is 1. The van der Waals surface area contributed by atoms with Crippen LogP contribution in [0.4, 0.5) is 5.69 Å². The second-order valence-electron chi connectivity index (χ2n) is 3.99. The smallest absolute Gasteiger partial charge is 0.138 e. The minimum absolute atomic E-state index is 0.495. The van der Waals surface area contributed by atoms with Gasteiger partial charge in [-0.25, -0.2) is 4.98 Å². The molecule has 0 aliphatic heterocycles. The lowest BCUT2D eigenvalue weighted by Crippen LogP contribution is -1.86. The Bertz CT molecular complexity index is 695. The number of hydrogen-bond acceptors (Lipinski definition) is 2. The first-order valence-corrected chi connectivity index (χ1v) is 6.10. The van der Waals surface area contributed by atoms with Gasteiger partial charge in [0.1, 0.15) is 5.82 Å². The number of benzene rings is 2. The highest BCUT2D eigenvalue weighted by atomic mass is 35.5. The number of halogens is 2. The van der Waals surface area contributed by atoms with Gasteiger partial charge in [0.05, 0.1) is 21.1 Å². The summed E-state index contributed by atoms with van der Waals surface area (Å²) in [7, 11) is 0. The SMILES string of the molecule is Nc1cccc(-c2nc3cc(Cl)c(Cl)cc3[nH]2)c1. The van der Waals surface area contributed by atoms with Gasteiger partial charge in [-0.3, -0.25) is 0 Å². The second-order valence-corrected chi connectivity index (χ2v) is 4.81. The fourth-order valence-corrected chi connectivity index (χ4v) is 2.15. The summed E-state index contributed by atoms with van der Waals surface area (Å²) >= 11 is 11.9. The van der Waals surface area contributed by atoms with Gasteiger partial charge in [0.15, 0.2) is 0 Å². The zero-order valence-electron chi connectivity index (χ0n) is 9.24. The highest BCUT2D eigenvalue weighted by Crippen LogP contribution is 2.29. The lowest BCUT2D eigenvalue weighted by Gasteiger charge is -1.97. The van der Waals surface area contributed by atoms with Crippen LogP contribution in [0.25, 0.3) is 22.4 Å². The van der Waals surface area contributed by atoms with E-state index in [1.807, 2.05) is 24.3 Å². The Morgan fingerprint density at radius 3 is 2.61 bits per heavy atom. The molecule has 0 atom stereocenters. The first-order valence-electron chi connectivity index (χ1n) is 5.34. The third kappa shape index (κ3) is 1.92. The van der Waals surface area contributed by atoms with Gasteiger partial charge in [0, 0.05) is 11.3 Å². The molecule has 0 radical (unpaired) electrons.